The van der Waals surface area contributed by atoms with Gasteiger partial charge in [-0.05, 0) is 24.6 Å². The molecule has 1 aromatic carbocycles. The number of rotatable bonds is 2. The van der Waals surface area contributed by atoms with Gasteiger partial charge in [-0.1, -0.05) is 15.9 Å². The summed E-state index contributed by atoms with van der Waals surface area (Å²) in [6.45, 7) is 0. The summed E-state index contributed by atoms with van der Waals surface area (Å²) in [6.07, 6.45) is 1.05. The molecule has 2 rings (SSSR count). The molecule has 0 bridgehead atoms. The fourth-order valence-corrected chi connectivity index (χ4v) is 2.26. The van der Waals surface area contributed by atoms with Crippen LogP contribution in [0.4, 0.5) is 5.69 Å². The summed E-state index contributed by atoms with van der Waals surface area (Å²) in [5, 5.41) is 9.12. The van der Waals surface area contributed by atoms with Gasteiger partial charge in [0.05, 0.1) is 11.3 Å². The third-order valence-corrected chi connectivity index (χ3v) is 3.20. The van der Waals surface area contributed by atoms with Crippen LogP contribution < -0.4 is 4.90 Å². The average Bonchev–Trinajstić information content (AvgIpc) is 2.30. The van der Waals surface area contributed by atoms with Gasteiger partial charge in [-0.2, -0.15) is 0 Å². The van der Waals surface area contributed by atoms with E-state index in [-0.39, 0.29) is 35.9 Å². The predicted molar refractivity (Wildman–Crippen MR) is 67.4 cm³/mol. The number of benzene rings is 1. The van der Waals surface area contributed by atoms with Gasteiger partial charge in [0.2, 0.25) is 11.8 Å². The second-order valence-electron chi connectivity index (χ2n) is 3.94. The van der Waals surface area contributed by atoms with Crippen LogP contribution in [0.15, 0.2) is 22.7 Å². The van der Waals surface area contributed by atoms with Crippen molar-refractivity contribution in [1.29, 1.82) is 0 Å². The minimum atomic E-state index is -1.17. The largest absolute Gasteiger partial charge is 0.478 e. The molecule has 2 amide bonds. The van der Waals surface area contributed by atoms with Crippen LogP contribution in [0.25, 0.3) is 0 Å². The zero-order valence-corrected chi connectivity index (χ0v) is 10.9. The van der Waals surface area contributed by atoms with Gasteiger partial charge in [0, 0.05) is 17.3 Å². The molecule has 1 fully saturated rings. The molecular formula is C12H10BrNO4. The summed E-state index contributed by atoms with van der Waals surface area (Å²) in [4.78, 5) is 35.7. The molecule has 1 heterocycles. The second kappa shape index (κ2) is 4.89. The van der Waals surface area contributed by atoms with Crippen LogP contribution in [0.1, 0.15) is 29.6 Å². The Balaban J connectivity index is 2.52. The minimum Gasteiger partial charge on any atom is -0.478 e. The lowest BCUT2D eigenvalue weighted by Crippen LogP contribution is -2.41. The van der Waals surface area contributed by atoms with E-state index in [1.807, 2.05) is 0 Å². The van der Waals surface area contributed by atoms with Crippen LogP contribution in [0.3, 0.4) is 0 Å². The van der Waals surface area contributed by atoms with Crippen LogP contribution in [-0.2, 0) is 9.59 Å². The highest BCUT2D eigenvalue weighted by molar-refractivity contribution is 9.10. The SMILES string of the molecule is O=C(O)c1cc(Br)ccc1N1C(=O)CCCC1=O. The first-order valence-corrected chi connectivity index (χ1v) is 6.18. The van der Waals surface area contributed by atoms with Crippen molar-refractivity contribution in [1.82, 2.24) is 0 Å². The van der Waals surface area contributed by atoms with Crippen molar-refractivity contribution in [2.24, 2.45) is 0 Å². The van der Waals surface area contributed by atoms with E-state index in [1.165, 1.54) is 12.1 Å². The van der Waals surface area contributed by atoms with Crippen molar-refractivity contribution in [2.45, 2.75) is 19.3 Å². The first-order valence-electron chi connectivity index (χ1n) is 5.39. The maximum absolute atomic E-state index is 11.8. The summed E-state index contributed by atoms with van der Waals surface area (Å²) in [7, 11) is 0. The van der Waals surface area contributed by atoms with E-state index in [4.69, 9.17) is 5.11 Å². The minimum absolute atomic E-state index is 0.0621. The standard InChI is InChI=1S/C12H10BrNO4/c13-7-4-5-9(8(6-7)12(17)18)14-10(15)2-1-3-11(14)16/h4-6H,1-3H2,(H,17,18). The Bertz CT molecular complexity index is 525. The van der Waals surface area contributed by atoms with Crippen molar-refractivity contribution in [3.8, 4) is 0 Å². The van der Waals surface area contributed by atoms with Crippen molar-refractivity contribution < 1.29 is 19.5 Å². The normalized spacial score (nSPS) is 15.9. The van der Waals surface area contributed by atoms with Crippen LogP contribution in [0, 0.1) is 0 Å². The number of piperidine rings is 1. The number of carbonyl (C=O) groups excluding carboxylic acids is 2. The molecule has 0 aromatic heterocycles. The molecule has 94 valence electrons. The van der Waals surface area contributed by atoms with Gasteiger partial charge in [-0.25, -0.2) is 9.69 Å². The molecule has 1 saturated heterocycles. The Morgan fingerprint density at radius 3 is 2.39 bits per heavy atom. The third kappa shape index (κ3) is 2.28. The molecule has 5 nitrogen and oxygen atoms in total. The third-order valence-electron chi connectivity index (χ3n) is 2.71. The summed E-state index contributed by atoms with van der Waals surface area (Å²) in [5.74, 6) is -1.87. The molecular weight excluding hydrogens is 302 g/mol. The number of carbonyl (C=O) groups is 3. The van der Waals surface area contributed by atoms with Gasteiger partial charge in [0.15, 0.2) is 0 Å². The highest BCUT2D eigenvalue weighted by atomic mass is 79.9. The van der Waals surface area contributed by atoms with Gasteiger partial charge in [-0.3, -0.25) is 9.59 Å². The van der Waals surface area contributed by atoms with E-state index < -0.39 is 5.97 Å². The molecule has 1 N–H and O–H groups in total. The van der Waals surface area contributed by atoms with E-state index in [1.54, 1.807) is 6.07 Å². The van der Waals surface area contributed by atoms with Crippen LogP contribution >= 0.6 is 15.9 Å². The maximum atomic E-state index is 11.8. The number of hydrogen-bond donors (Lipinski definition) is 1. The highest BCUT2D eigenvalue weighted by Gasteiger charge is 2.30. The monoisotopic (exact) mass is 311 g/mol. The number of carboxylic acid groups (broad SMARTS) is 1. The van der Waals surface area contributed by atoms with E-state index in [0.29, 0.717) is 10.9 Å². The smallest absolute Gasteiger partial charge is 0.337 e. The predicted octanol–water partition coefficient (Wildman–Crippen LogP) is 2.19. The zero-order valence-electron chi connectivity index (χ0n) is 9.35. The molecule has 6 heteroatoms. The fourth-order valence-electron chi connectivity index (χ4n) is 1.90. The Morgan fingerprint density at radius 1 is 1.22 bits per heavy atom. The number of amides is 2. The van der Waals surface area contributed by atoms with Crippen LogP contribution in [0.2, 0.25) is 0 Å². The second-order valence-corrected chi connectivity index (χ2v) is 4.86. The topological polar surface area (TPSA) is 74.7 Å². The molecule has 0 radical (unpaired) electrons. The molecule has 1 aliphatic heterocycles. The van der Waals surface area contributed by atoms with Gasteiger partial charge in [-0.15, -0.1) is 0 Å². The fraction of sp³-hybridized carbons (Fsp3) is 0.250. The number of imide groups is 1. The summed E-state index contributed by atoms with van der Waals surface area (Å²) < 4.78 is 0.584. The van der Waals surface area contributed by atoms with Crippen LogP contribution in [0.5, 0.6) is 0 Å². The number of carboxylic acids is 1. The average molecular weight is 312 g/mol. The van der Waals surface area contributed by atoms with Crippen LogP contribution in [-0.4, -0.2) is 22.9 Å². The van der Waals surface area contributed by atoms with Gasteiger partial charge < -0.3 is 5.11 Å². The number of anilines is 1. The van der Waals surface area contributed by atoms with E-state index >= 15 is 0 Å². The Hall–Kier alpha value is -1.69. The van der Waals surface area contributed by atoms with E-state index in [2.05, 4.69) is 15.9 Å². The lowest BCUT2D eigenvalue weighted by molar-refractivity contribution is -0.129. The number of halogens is 1. The number of aromatic carboxylic acids is 1. The summed E-state index contributed by atoms with van der Waals surface area (Å²) in [5.41, 5.74) is 0.0772. The van der Waals surface area contributed by atoms with Gasteiger partial charge >= 0.3 is 5.97 Å². The Morgan fingerprint density at radius 2 is 1.83 bits per heavy atom. The van der Waals surface area contributed by atoms with Gasteiger partial charge in [0.1, 0.15) is 0 Å². The molecule has 1 aromatic rings. The van der Waals surface area contributed by atoms with Gasteiger partial charge in [0.25, 0.3) is 0 Å². The highest BCUT2D eigenvalue weighted by Crippen LogP contribution is 2.28. The summed E-state index contributed by atoms with van der Waals surface area (Å²) >= 11 is 3.17. The molecule has 0 aliphatic carbocycles. The number of nitrogens with zero attached hydrogens (tertiary/aromatic N) is 1. The molecule has 18 heavy (non-hydrogen) atoms. The van der Waals surface area contributed by atoms with Crippen molar-refractivity contribution in [3.63, 3.8) is 0 Å². The first-order chi connectivity index (χ1) is 8.50. The van der Waals surface area contributed by atoms with E-state index in [9.17, 15) is 14.4 Å². The molecule has 0 spiro atoms. The zero-order chi connectivity index (χ0) is 13.3. The van der Waals surface area contributed by atoms with Crippen molar-refractivity contribution >= 4 is 39.4 Å². The van der Waals surface area contributed by atoms with E-state index in [0.717, 1.165) is 4.90 Å². The van der Waals surface area contributed by atoms with Crippen molar-refractivity contribution in [2.75, 3.05) is 4.90 Å². The first kappa shape index (κ1) is 12.8. The summed E-state index contributed by atoms with van der Waals surface area (Å²) in [6, 6.07) is 4.46. The maximum Gasteiger partial charge on any atom is 0.337 e. The molecule has 1 aliphatic rings. The quantitative estimate of drug-likeness (QED) is 0.850. The lowest BCUT2D eigenvalue weighted by atomic mass is 10.1. The van der Waals surface area contributed by atoms with Crippen molar-refractivity contribution in [3.05, 3.63) is 28.2 Å². The Labute approximate surface area is 112 Å². The lowest BCUT2D eigenvalue weighted by Gasteiger charge is -2.26. The Kier molecular flexibility index (Phi) is 3.47. The molecule has 0 saturated carbocycles. The number of hydrogen-bond acceptors (Lipinski definition) is 3. The molecule has 0 unspecified atom stereocenters. The molecule has 0 atom stereocenters.